The molecular formula is C12H17N. The summed E-state index contributed by atoms with van der Waals surface area (Å²) < 4.78 is 0. The molecule has 1 aromatic carbocycles. The monoisotopic (exact) mass is 175 g/mol. The quantitative estimate of drug-likeness (QED) is 0.678. The third-order valence-electron chi connectivity index (χ3n) is 2.04. The fourth-order valence-electron chi connectivity index (χ4n) is 1.23. The molecule has 1 N–H and O–H groups in total. The Kier molecular flexibility index (Phi) is 4.27. The first kappa shape index (κ1) is 10.0. The lowest BCUT2D eigenvalue weighted by Crippen LogP contribution is -2.14. The lowest BCUT2D eigenvalue weighted by atomic mass is 10.1. The largest absolute Gasteiger partial charge is 0.317 e. The zero-order valence-corrected chi connectivity index (χ0v) is 8.22. The van der Waals surface area contributed by atoms with Crippen LogP contribution >= 0.6 is 0 Å². The van der Waals surface area contributed by atoms with Gasteiger partial charge in [0.2, 0.25) is 0 Å². The molecule has 0 aliphatic rings. The van der Waals surface area contributed by atoms with Crippen LogP contribution in [-0.4, -0.2) is 13.1 Å². The first-order valence-electron chi connectivity index (χ1n) is 4.78. The van der Waals surface area contributed by atoms with E-state index in [1.54, 1.807) is 0 Å². The predicted molar refractivity (Wildman–Crippen MR) is 58.6 cm³/mol. The van der Waals surface area contributed by atoms with Gasteiger partial charge in [-0.2, -0.15) is 0 Å². The lowest BCUT2D eigenvalue weighted by molar-refractivity contribution is 0.732. The maximum atomic E-state index is 4.06. The molecule has 0 bridgehead atoms. The Morgan fingerprint density at radius 2 is 2.00 bits per heavy atom. The number of benzene rings is 1. The fourth-order valence-corrected chi connectivity index (χ4v) is 1.23. The normalized spacial score (nSPS) is 9.92. The average Bonchev–Trinajstić information content (AvgIpc) is 2.19. The average molecular weight is 175 g/mol. The van der Waals surface area contributed by atoms with Crippen molar-refractivity contribution in [1.82, 2.24) is 5.32 Å². The van der Waals surface area contributed by atoms with E-state index in [9.17, 15) is 0 Å². The van der Waals surface area contributed by atoms with Crippen molar-refractivity contribution in [1.29, 1.82) is 0 Å². The third kappa shape index (κ3) is 3.43. The van der Waals surface area contributed by atoms with Crippen LogP contribution in [0.5, 0.6) is 0 Å². The van der Waals surface area contributed by atoms with E-state index >= 15 is 0 Å². The van der Waals surface area contributed by atoms with Gasteiger partial charge in [-0.3, -0.25) is 0 Å². The minimum Gasteiger partial charge on any atom is -0.317 e. The van der Waals surface area contributed by atoms with Crippen molar-refractivity contribution in [2.45, 2.75) is 13.3 Å². The molecule has 0 unspecified atom stereocenters. The highest BCUT2D eigenvalue weighted by Crippen LogP contribution is 2.14. The third-order valence-corrected chi connectivity index (χ3v) is 2.04. The van der Waals surface area contributed by atoms with E-state index in [4.69, 9.17) is 0 Å². The number of nitrogens with one attached hydrogen (secondary N) is 1. The summed E-state index contributed by atoms with van der Waals surface area (Å²) in [6.45, 7) is 8.22. The van der Waals surface area contributed by atoms with Gasteiger partial charge in [-0.25, -0.2) is 0 Å². The fraction of sp³-hybridized carbons (Fsp3) is 0.333. The molecule has 0 aromatic heterocycles. The van der Waals surface area contributed by atoms with E-state index in [1.807, 2.05) is 18.2 Å². The van der Waals surface area contributed by atoms with E-state index in [0.717, 1.165) is 19.5 Å². The maximum absolute atomic E-state index is 4.06. The molecule has 1 heteroatoms. The Morgan fingerprint density at radius 1 is 1.31 bits per heavy atom. The molecule has 1 nitrogen and oxygen atoms in total. The molecule has 1 aromatic rings. The van der Waals surface area contributed by atoms with Crippen molar-refractivity contribution in [2.24, 2.45) is 0 Å². The lowest BCUT2D eigenvalue weighted by Gasteiger charge is -2.05. The van der Waals surface area contributed by atoms with Crippen molar-refractivity contribution < 1.29 is 0 Å². The van der Waals surface area contributed by atoms with Gasteiger partial charge in [0.15, 0.2) is 0 Å². The highest BCUT2D eigenvalue weighted by Gasteiger charge is 1.96. The molecule has 1 rings (SSSR count). The summed E-state index contributed by atoms with van der Waals surface area (Å²) in [7, 11) is 0. The number of hydrogen-bond donors (Lipinski definition) is 1. The van der Waals surface area contributed by atoms with Gasteiger partial charge in [0, 0.05) is 0 Å². The van der Waals surface area contributed by atoms with Crippen LogP contribution in [0.15, 0.2) is 36.9 Å². The second kappa shape index (κ2) is 5.55. The molecule has 0 aliphatic carbocycles. The standard InChI is InChI=1S/C12H17N/c1-3-13-10-9-11(2)12-7-5-4-6-8-12/h4-8,13H,2-3,9-10H2,1H3. The molecule has 0 radical (unpaired) electrons. The van der Waals surface area contributed by atoms with E-state index in [1.165, 1.54) is 11.1 Å². The van der Waals surface area contributed by atoms with Crippen molar-refractivity contribution in [3.63, 3.8) is 0 Å². The molecule has 0 amide bonds. The summed E-state index contributed by atoms with van der Waals surface area (Å²) in [6, 6.07) is 10.3. The molecule has 0 saturated carbocycles. The number of rotatable bonds is 5. The molecule has 0 aliphatic heterocycles. The van der Waals surface area contributed by atoms with Gasteiger partial charge in [-0.15, -0.1) is 0 Å². The Bertz CT molecular complexity index is 251. The van der Waals surface area contributed by atoms with Crippen LogP contribution in [0.3, 0.4) is 0 Å². The second-order valence-corrected chi connectivity index (χ2v) is 3.07. The Labute approximate surface area is 80.5 Å². The minimum absolute atomic E-state index is 1.02. The SMILES string of the molecule is C=C(CCNCC)c1ccccc1. The minimum atomic E-state index is 1.02. The maximum Gasteiger partial charge on any atom is -0.000846 e. The van der Waals surface area contributed by atoms with E-state index < -0.39 is 0 Å². The van der Waals surface area contributed by atoms with Gasteiger partial charge in [0.1, 0.15) is 0 Å². The number of hydrogen-bond acceptors (Lipinski definition) is 1. The molecule has 0 fully saturated rings. The molecule has 0 heterocycles. The Hall–Kier alpha value is -1.08. The van der Waals surface area contributed by atoms with Crippen LogP contribution in [0.4, 0.5) is 0 Å². The molecule has 70 valence electrons. The van der Waals surface area contributed by atoms with Gasteiger partial charge in [-0.05, 0) is 30.6 Å². The first-order chi connectivity index (χ1) is 6.34. The van der Waals surface area contributed by atoms with Gasteiger partial charge >= 0.3 is 0 Å². The van der Waals surface area contributed by atoms with Gasteiger partial charge in [0.05, 0.1) is 0 Å². The summed E-state index contributed by atoms with van der Waals surface area (Å²) in [5.74, 6) is 0. The van der Waals surface area contributed by atoms with E-state index in [0.29, 0.717) is 0 Å². The smallest absolute Gasteiger partial charge is 0.000846 e. The second-order valence-electron chi connectivity index (χ2n) is 3.07. The van der Waals surface area contributed by atoms with Gasteiger partial charge in [0.25, 0.3) is 0 Å². The van der Waals surface area contributed by atoms with Crippen molar-refractivity contribution in [2.75, 3.05) is 13.1 Å². The summed E-state index contributed by atoms with van der Waals surface area (Å²) in [4.78, 5) is 0. The highest BCUT2D eigenvalue weighted by atomic mass is 14.8. The topological polar surface area (TPSA) is 12.0 Å². The summed E-state index contributed by atoms with van der Waals surface area (Å²) >= 11 is 0. The summed E-state index contributed by atoms with van der Waals surface area (Å²) in [5, 5.41) is 3.29. The molecule has 0 atom stereocenters. The van der Waals surface area contributed by atoms with Crippen LogP contribution in [-0.2, 0) is 0 Å². The Balaban J connectivity index is 2.40. The summed E-state index contributed by atoms with van der Waals surface area (Å²) in [5.41, 5.74) is 2.46. The zero-order chi connectivity index (χ0) is 9.52. The zero-order valence-electron chi connectivity index (χ0n) is 8.22. The molecule has 0 spiro atoms. The van der Waals surface area contributed by atoms with Gasteiger partial charge in [-0.1, -0.05) is 43.8 Å². The van der Waals surface area contributed by atoms with Crippen LogP contribution in [0.25, 0.3) is 5.57 Å². The van der Waals surface area contributed by atoms with Crippen LogP contribution < -0.4 is 5.32 Å². The van der Waals surface area contributed by atoms with Crippen molar-refractivity contribution in [3.05, 3.63) is 42.5 Å². The molecule has 13 heavy (non-hydrogen) atoms. The van der Waals surface area contributed by atoms with Gasteiger partial charge < -0.3 is 5.32 Å². The van der Waals surface area contributed by atoms with Crippen LogP contribution in [0.2, 0.25) is 0 Å². The predicted octanol–water partition coefficient (Wildman–Crippen LogP) is 2.70. The van der Waals surface area contributed by atoms with E-state index in [2.05, 4.69) is 31.0 Å². The first-order valence-corrected chi connectivity index (χ1v) is 4.78. The Morgan fingerprint density at radius 3 is 2.62 bits per heavy atom. The van der Waals surface area contributed by atoms with Crippen molar-refractivity contribution >= 4 is 5.57 Å². The molecular weight excluding hydrogens is 158 g/mol. The van der Waals surface area contributed by atoms with Crippen LogP contribution in [0, 0.1) is 0 Å². The van der Waals surface area contributed by atoms with Crippen molar-refractivity contribution in [3.8, 4) is 0 Å². The molecule has 0 saturated heterocycles. The van der Waals surface area contributed by atoms with E-state index in [-0.39, 0.29) is 0 Å². The summed E-state index contributed by atoms with van der Waals surface area (Å²) in [6.07, 6.45) is 1.03. The van der Waals surface area contributed by atoms with Crippen LogP contribution in [0.1, 0.15) is 18.9 Å². The highest BCUT2D eigenvalue weighted by molar-refractivity contribution is 5.63.